The Kier molecular flexibility index (Phi) is 17.6. The minimum atomic E-state index is -0.717. The molecule has 0 atom stereocenters. The zero-order valence-electron chi connectivity index (χ0n) is 72.9. The van der Waals surface area contributed by atoms with Crippen LogP contribution in [0, 0.1) is 23.3 Å². The first kappa shape index (κ1) is 78.1. The maximum Gasteiger partial charge on any atom is 0.143 e. The highest BCUT2D eigenvalue weighted by molar-refractivity contribution is 6.41. The second-order valence-electron chi connectivity index (χ2n) is 37.4. The summed E-state index contributed by atoms with van der Waals surface area (Å²) in [7, 11) is 0. The zero-order valence-corrected chi connectivity index (χ0v) is 72.9. The third kappa shape index (κ3) is 12.7. The first-order valence-corrected chi connectivity index (χ1v) is 44.9. The number of furan rings is 4. The molecule has 628 valence electrons. The van der Waals surface area contributed by atoms with E-state index in [1.54, 1.807) is 0 Å². The Morgan fingerprint density at radius 1 is 0.159 bits per heavy atom. The van der Waals surface area contributed by atoms with Crippen molar-refractivity contribution in [3.63, 3.8) is 0 Å². The van der Waals surface area contributed by atoms with Gasteiger partial charge in [-0.2, -0.15) is 0 Å². The molecular weight excluding hydrogens is 1630 g/mol. The van der Waals surface area contributed by atoms with Crippen molar-refractivity contribution in [1.29, 1.82) is 0 Å². The van der Waals surface area contributed by atoms with Crippen molar-refractivity contribution < 1.29 is 35.2 Å². The van der Waals surface area contributed by atoms with Gasteiger partial charge in [-0.1, -0.05) is 284 Å². The molecule has 0 aliphatic heterocycles. The standard InChI is InChI=1S/C64H34F4O2.C60H46O2/c65-41-21-39(22-42(66)25-41)47-30-58-62-54(32-56-52-28-46(36-15-7-2-8-16-36)50(34-60(52)70-64(56)58)38-19-11-4-12-20-38)48(40-23-43(67)26-44(68)24-40)29-57-61(62)53(47)31-55-51-27-45(35-13-5-1-6-14-35)49(33-59(51)69-63(55)57)37-17-9-3-10-18-37;1-59(2,3)41-23-17-35(18-24-41)39-21-27-43-49-33-47-46(38-15-11-8-12-16-38)32-52-56-48(45(37-13-9-7-10-14-37)31-51(55(47)56)57(49)61-53(43)29-39)34-50-44-28-22-40(30-54(44)62-58(50)52)36-19-25-42(26-20-36)60(4,5)6/h1-34H;7-34H,1-6H3. The second kappa shape index (κ2) is 29.7. The number of hydrogen-bond donors (Lipinski definition) is 0. The Bertz CT molecular complexity index is 8620. The molecule has 0 spiro atoms. The van der Waals surface area contributed by atoms with Gasteiger partial charge in [-0.15, -0.1) is 0 Å². The molecule has 132 heavy (non-hydrogen) atoms. The smallest absolute Gasteiger partial charge is 0.143 e. The molecule has 0 amide bonds. The summed E-state index contributed by atoms with van der Waals surface area (Å²) in [6.07, 6.45) is 0. The second-order valence-corrected chi connectivity index (χ2v) is 37.4. The fourth-order valence-corrected chi connectivity index (χ4v) is 20.9. The van der Waals surface area contributed by atoms with E-state index in [0.29, 0.717) is 66.1 Å². The van der Waals surface area contributed by atoms with Crippen LogP contribution in [0.1, 0.15) is 52.7 Å². The zero-order chi connectivity index (χ0) is 88.8. The van der Waals surface area contributed by atoms with Gasteiger partial charge in [0.2, 0.25) is 0 Å². The van der Waals surface area contributed by atoms with Crippen LogP contribution in [0.3, 0.4) is 0 Å². The van der Waals surface area contributed by atoms with Gasteiger partial charge >= 0.3 is 0 Å². The van der Waals surface area contributed by atoms with Gasteiger partial charge in [-0.05, 0) is 276 Å². The average Bonchev–Trinajstić information content (AvgIpc) is 1.42. The molecule has 0 bridgehead atoms. The number of fused-ring (bicyclic) bond motifs is 16. The van der Waals surface area contributed by atoms with Crippen molar-refractivity contribution in [2.45, 2.75) is 52.4 Å². The molecule has 0 aliphatic carbocycles. The van der Waals surface area contributed by atoms with Crippen molar-refractivity contribution in [3.05, 3.63) is 411 Å². The highest BCUT2D eigenvalue weighted by Crippen LogP contribution is 2.56. The molecule has 0 fully saturated rings. The Labute approximate surface area is 756 Å². The highest BCUT2D eigenvalue weighted by atomic mass is 19.1. The predicted octanol–water partition coefficient (Wildman–Crippen LogP) is 36.6. The summed E-state index contributed by atoms with van der Waals surface area (Å²) in [5.41, 5.74) is 28.0. The number of benzene rings is 22. The van der Waals surface area contributed by atoms with E-state index in [-0.39, 0.29) is 10.8 Å². The molecule has 8 heteroatoms. The van der Waals surface area contributed by atoms with Gasteiger partial charge in [0.1, 0.15) is 67.9 Å². The monoisotopic (exact) mass is 1710 g/mol. The number of hydrogen-bond acceptors (Lipinski definition) is 4. The van der Waals surface area contributed by atoms with Gasteiger partial charge in [0.05, 0.1) is 0 Å². The van der Waals surface area contributed by atoms with E-state index in [4.69, 9.17) is 17.7 Å². The molecule has 22 aromatic carbocycles. The van der Waals surface area contributed by atoms with Crippen molar-refractivity contribution in [3.8, 4) is 111 Å². The molecule has 0 saturated heterocycles. The van der Waals surface area contributed by atoms with E-state index >= 15 is 17.6 Å². The molecule has 4 nitrogen and oxygen atoms in total. The summed E-state index contributed by atoms with van der Waals surface area (Å²) in [5.74, 6) is -2.87. The molecule has 0 N–H and O–H groups in total. The summed E-state index contributed by atoms with van der Waals surface area (Å²) in [6.45, 7) is 13.6. The number of rotatable bonds is 10. The van der Waals surface area contributed by atoms with Crippen molar-refractivity contribution >= 4 is 152 Å². The van der Waals surface area contributed by atoms with Gasteiger partial charge in [-0.25, -0.2) is 17.6 Å². The fourth-order valence-electron chi connectivity index (χ4n) is 20.9. The fraction of sp³-hybridized carbons (Fsp3) is 0.0645. The lowest BCUT2D eigenvalue weighted by atomic mass is 9.83. The lowest BCUT2D eigenvalue weighted by Crippen LogP contribution is -2.10. The van der Waals surface area contributed by atoms with Crippen LogP contribution in [0.5, 0.6) is 0 Å². The van der Waals surface area contributed by atoms with Crippen LogP contribution in [0.25, 0.3) is 264 Å². The number of halogens is 4. The summed E-state index contributed by atoms with van der Waals surface area (Å²) in [4.78, 5) is 0. The lowest BCUT2D eigenvalue weighted by molar-refractivity contribution is 0.583. The van der Waals surface area contributed by atoms with E-state index in [0.717, 1.165) is 155 Å². The van der Waals surface area contributed by atoms with Crippen LogP contribution in [0.4, 0.5) is 17.6 Å². The van der Waals surface area contributed by atoms with E-state index in [1.165, 1.54) is 90.3 Å². The van der Waals surface area contributed by atoms with Crippen LogP contribution in [-0.4, -0.2) is 0 Å². The third-order valence-corrected chi connectivity index (χ3v) is 27.3. The largest absolute Gasteiger partial charge is 0.455 e. The summed E-state index contributed by atoms with van der Waals surface area (Å²) in [6, 6.07) is 127. The highest BCUT2D eigenvalue weighted by Gasteiger charge is 2.31. The first-order chi connectivity index (χ1) is 64.3. The van der Waals surface area contributed by atoms with Gasteiger partial charge in [0.25, 0.3) is 0 Å². The molecule has 26 rings (SSSR count). The van der Waals surface area contributed by atoms with E-state index in [9.17, 15) is 0 Å². The Morgan fingerprint density at radius 3 is 0.659 bits per heavy atom. The normalized spacial score (nSPS) is 12.3. The molecular formula is C124H80F4O4. The van der Waals surface area contributed by atoms with E-state index in [2.05, 4.69) is 296 Å². The van der Waals surface area contributed by atoms with Crippen LogP contribution >= 0.6 is 0 Å². The van der Waals surface area contributed by atoms with Crippen LogP contribution < -0.4 is 0 Å². The van der Waals surface area contributed by atoms with Crippen LogP contribution in [0.2, 0.25) is 0 Å². The molecule has 0 radical (unpaired) electrons. The summed E-state index contributed by atoms with van der Waals surface area (Å²) >= 11 is 0. The Balaban J connectivity index is 0.000000143. The third-order valence-electron chi connectivity index (χ3n) is 27.3. The maximum absolute atomic E-state index is 15.5. The lowest BCUT2D eigenvalue weighted by Gasteiger charge is -2.19. The van der Waals surface area contributed by atoms with E-state index in [1.807, 2.05) is 84.9 Å². The molecule has 0 aliphatic rings. The minimum Gasteiger partial charge on any atom is -0.455 e. The van der Waals surface area contributed by atoms with E-state index < -0.39 is 23.3 Å². The van der Waals surface area contributed by atoms with Crippen molar-refractivity contribution in [2.75, 3.05) is 0 Å². The van der Waals surface area contributed by atoms with Crippen molar-refractivity contribution in [2.24, 2.45) is 0 Å². The maximum atomic E-state index is 15.5. The molecule has 4 heterocycles. The molecule has 0 unspecified atom stereocenters. The Morgan fingerprint density at radius 2 is 0.386 bits per heavy atom. The van der Waals surface area contributed by atoms with Crippen LogP contribution in [0.15, 0.2) is 394 Å². The van der Waals surface area contributed by atoms with Gasteiger partial charge < -0.3 is 17.7 Å². The first-order valence-electron chi connectivity index (χ1n) is 44.9. The molecule has 26 aromatic rings. The quantitative estimate of drug-likeness (QED) is 0.101. The average molecular weight is 1710 g/mol. The van der Waals surface area contributed by atoms with Gasteiger partial charge in [0.15, 0.2) is 0 Å². The van der Waals surface area contributed by atoms with Crippen LogP contribution in [-0.2, 0) is 10.8 Å². The van der Waals surface area contributed by atoms with Gasteiger partial charge in [0, 0.05) is 98.3 Å². The predicted molar refractivity (Wildman–Crippen MR) is 541 cm³/mol. The molecule has 0 saturated carbocycles. The van der Waals surface area contributed by atoms with Crippen molar-refractivity contribution in [1.82, 2.24) is 0 Å². The summed E-state index contributed by atoms with van der Waals surface area (Å²) < 4.78 is 90.2. The summed E-state index contributed by atoms with van der Waals surface area (Å²) in [5, 5.41) is 18.9. The topological polar surface area (TPSA) is 52.6 Å². The Hall–Kier alpha value is -16.2. The van der Waals surface area contributed by atoms with Gasteiger partial charge in [-0.3, -0.25) is 0 Å². The minimum absolute atomic E-state index is 0.0957. The SMILES string of the molecule is CC(C)(C)c1ccc(-c2ccc3c(c2)oc2c3cc3c(-c4ccccc4)cc4c5oc6cc(-c7ccc(C(C)(C)C)cc7)ccc6c5cc5c(-c6ccccc6)cc2c3c54)cc1.Fc1cc(F)cc(-c2cc3c4oc5cc(-c6ccccc6)c(-c6ccccc6)cc5c4cc4c(-c5cc(F)cc(F)c5)cc5c6oc7cc(-c8ccccc8)c(-c8ccccc8)cc7c6cc2c5c43)c1. The molecule has 4 aromatic heterocycles.